The van der Waals surface area contributed by atoms with Crippen LogP contribution in [0.15, 0.2) is 53.4 Å². The van der Waals surface area contributed by atoms with E-state index in [-0.39, 0.29) is 24.2 Å². The standard InChI is InChI=1S/C23H21FN2O3S2/c1-2-29-13-7-12-25-22(28)20(31-23(25)30)19-16-9-4-6-11-18(16)26(21(19)27)14-15-8-3-5-10-17(15)24/h3-6,8-11H,2,7,12-14H2,1H3/b20-19-. The summed E-state index contributed by atoms with van der Waals surface area (Å²) in [5.41, 5.74) is 2.07. The molecule has 0 spiro atoms. The fourth-order valence-corrected chi connectivity index (χ4v) is 5.04. The molecule has 0 aromatic heterocycles. The molecule has 2 heterocycles. The minimum atomic E-state index is -0.373. The van der Waals surface area contributed by atoms with E-state index in [1.165, 1.54) is 15.9 Å². The first-order valence-electron chi connectivity index (χ1n) is 10.0. The van der Waals surface area contributed by atoms with Gasteiger partial charge in [0.25, 0.3) is 11.8 Å². The zero-order valence-corrected chi connectivity index (χ0v) is 18.6. The van der Waals surface area contributed by atoms with E-state index in [1.807, 2.05) is 31.2 Å². The first kappa shape index (κ1) is 21.7. The summed E-state index contributed by atoms with van der Waals surface area (Å²) < 4.78 is 20.0. The molecule has 0 atom stereocenters. The number of amides is 2. The highest BCUT2D eigenvalue weighted by atomic mass is 32.2. The average molecular weight is 457 g/mol. The molecule has 0 bridgehead atoms. The van der Waals surface area contributed by atoms with Crippen molar-refractivity contribution < 1.29 is 18.7 Å². The molecule has 1 fully saturated rings. The van der Waals surface area contributed by atoms with E-state index in [4.69, 9.17) is 17.0 Å². The van der Waals surface area contributed by atoms with Gasteiger partial charge >= 0.3 is 0 Å². The summed E-state index contributed by atoms with van der Waals surface area (Å²) in [4.78, 5) is 29.9. The summed E-state index contributed by atoms with van der Waals surface area (Å²) in [5.74, 6) is -0.960. The number of hydrogen-bond donors (Lipinski definition) is 0. The predicted molar refractivity (Wildman–Crippen MR) is 124 cm³/mol. The molecule has 160 valence electrons. The van der Waals surface area contributed by atoms with Gasteiger partial charge in [0.1, 0.15) is 10.1 Å². The molecular formula is C23H21FN2O3S2. The van der Waals surface area contributed by atoms with E-state index >= 15 is 0 Å². The number of fused-ring (bicyclic) bond motifs is 1. The van der Waals surface area contributed by atoms with Crippen molar-refractivity contribution in [1.82, 2.24) is 4.90 Å². The van der Waals surface area contributed by atoms with Crippen LogP contribution in [-0.2, 0) is 20.9 Å². The molecule has 0 unspecified atom stereocenters. The summed E-state index contributed by atoms with van der Waals surface area (Å²) in [6, 6.07) is 13.6. The number of nitrogens with zero attached hydrogens (tertiary/aromatic N) is 2. The number of para-hydroxylation sites is 1. The molecule has 2 aromatic rings. The normalized spacial score (nSPS) is 18.3. The Hall–Kier alpha value is -2.55. The molecule has 5 nitrogen and oxygen atoms in total. The van der Waals surface area contributed by atoms with Crippen molar-refractivity contribution >= 4 is 51.4 Å². The van der Waals surface area contributed by atoms with Crippen molar-refractivity contribution in [2.75, 3.05) is 24.7 Å². The van der Waals surface area contributed by atoms with Gasteiger partial charge in [0, 0.05) is 30.9 Å². The lowest BCUT2D eigenvalue weighted by Gasteiger charge is -2.17. The van der Waals surface area contributed by atoms with Crippen LogP contribution in [0, 0.1) is 5.82 Å². The number of halogens is 1. The number of anilines is 1. The molecule has 2 amide bonds. The molecule has 0 saturated carbocycles. The molecule has 8 heteroatoms. The smallest absolute Gasteiger partial charge is 0.267 e. The topological polar surface area (TPSA) is 49.9 Å². The third-order valence-electron chi connectivity index (χ3n) is 5.16. The van der Waals surface area contributed by atoms with E-state index in [0.717, 1.165) is 11.8 Å². The van der Waals surface area contributed by atoms with Crippen LogP contribution in [-0.4, -0.2) is 40.8 Å². The summed E-state index contributed by atoms with van der Waals surface area (Å²) in [6.07, 6.45) is 0.660. The second kappa shape index (κ2) is 9.30. The highest BCUT2D eigenvalue weighted by molar-refractivity contribution is 8.26. The van der Waals surface area contributed by atoms with E-state index in [9.17, 15) is 14.0 Å². The van der Waals surface area contributed by atoms with Crippen molar-refractivity contribution in [2.24, 2.45) is 0 Å². The second-order valence-corrected chi connectivity index (χ2v) is 8.72. The molecule has 2 aromatic carbocycles. The minimum absolute atomic E-state index is 0.0840. The molecule has 2 aliphatic rings. The molecular weight excluding hydrogens is 435 g/mol. The van der Waals surface area contributed by atoms with Crippen molar-refractivity contribution in [1.29, 1.82) is 0 Å². The lowest BCUT2D eigenvalue weighted by Crippen LogP contribution is -2.30. The number of carbonyl (C=O) groups excluding carboxylic acids is 2. The Labute approximate surface area is 189 Å². The van der Waals surface area contributed by atoms with Gasteiger partial charge in [-0.15, -0.1) is 0 Å². The molecule has 2 aliphatic heterocycles. The monoisotopic (exact) mass is 456 g/mol. The number of ether oxygens (including phenoxy) is 1. The van der Waals surface area contributed by atoms with Crippen molar-refractivity contribution in [3.63, 3.8) is 0 Å². The number of hydrogen-bond acceptors (Lipinski definition) is 5. The molecule has 31 heavy (non-hydrogen) atoms. The number of thioether (sulfide) groups is 1. The first-order chi connectivity index (χ1) is 15.0. The predicted octanol–water partition coefficient (Wildman–Crippen LogP) is 4.37. The molecule has 0 radical (unpaired) electrons. The van der Waals surface area contributed by atoms with Gasteiger partial charge in [0.05, 0.1) is 22.7 Å². The van der Waals surface area contributed by atoms with E-state index in [0.29, 0.717) is 57.8 Å². The molecule has 0 N–H and O–H groups in total. The van der Waals surface area contributed by atoms with Gasteiger partial charge < -0.3 is 9.64 Å². The minimum Gasteiger partial charge on any atom is -0.382 e. The summed E-state index contributed by atoms with van der Waals surface area (Å²) in [6.45, 7) is 3.60. The van der Waals surface area contributed by atoms with Crippen LogP contribution in [0.25, 0.3) is 5.57 Å². The number of rotatable bonds is 7. The van der Waals surface area contributed by atoms with Gasteiger partial charge in [-0.3, -0.25) is 14.5 Å². The Morgan fingerprint density at radius 2 is 1.77 bits per heavy atom. The van der Waals surface area contributed by atoms with Crippen molar-refractivity contribution in [3.05, 3.63) is 70.4 Å². The Kier molecular flexibility index (Phi) is 6.50. The summed E-state index contributed by atoms with van der Waals surface area (Å²) in [7, 11) is 0. The van der Waals surface area contributed by atoms with Crippen molar-refractivity contribution in [2.45, 2.75) is 19.9 Å². The molecule has 1 saturated heterocycles. The Balaban J connectivity index is 1.66. The van der Waals surface area contributed by atoms with Crippen LogP contribution >= 0.6 is 24.0 Å². The van der Waals surface area contributed by atoms with Crippen LogP contribution < -0.4 is 4.90 Å². The van der Waals surface area contributed by atoms with Gasteiger partial charge in [-0.2, -0.15) is 0 Å². The maximum Gasteiger partial charge on any atom is 0.267 e. The fraction of sp³-hybridized carbons (Fsp3) is 0.261. The van der Waals surface area contributed by atoms with Gasteiger partial charge in [-0.1, -0.05) is 60.4 Å². The van der Waals surface area contributed by atoms with Crippen LogP contribution in [0.3, 0.4) is 0 Å². The fourth-order valence-electron chi connectivity index (χ4n) is 3.66. The van der Waals surface area contributed by atoms with Crippen LogP contribution in [0.5, 0.6) is 0 Å². The maximum absolute atomic E-state index is 14.2. The van der Waals surface area contributed by atoms with Crippen LogP contribution in [0.4, 0.5) is 10.1 Å². The lowest BCUT2D eigenvalue weighted by atomic mass is 10.1. The zero-order chi connectivity index (χ0) is 22.0. The van der Waals surface area contributed by atoms with Crippen LogP contribution in [0.1, 0.15) is 24.5 Å². The van der Waals surface area contributed by atoms with E-state index in [2.05, 4.69) is 0 Å². The van der Waals surface area contributed by atoms with E-state index in [1.54, 1.807) is 18.2 Å². The number of carbonyl (C=O) groups is 2. The first-order valence-corrected chi connectivity index (χ1v) is 11.3. The van der Waals surface area contributed by atoms with Gasteiger partial charge in [0.2, 0.25) is 0 Å². The summed E-state index contributed by atoms with van der Waals surface area (Å²) >= 11 is 6.56. The van der Waals surface area contributed by atoms with Gasteiger partial charge in [0.15, 0.2) is 0 Å². The average Bonchev–Trinajstić information content (AvgIpc) is 3.20. The molecule has 0 aliphatic carbocycles. The van der Waals surface area contributed by atoms with Gasteiger partial charge in [-0.25, -0.2) is 4.39 Å². The maximum atomic E-state index is 14.2. The SMILES string of the molecule is CCOCCCN1C(=O)/C(=C2/C(=O)N(Cc3ccccc3F)c3ccccc32)SC1=S. The van der Waals surface area contributed by atoms with Crippen LogP contribution in [0.2, 0.25) is 0 Å². The molecule has 4 rings (SSSR count). The third-order valence-corrected chi connectivity index (χ3v) is 6.61. The highest BCUT2D eigenvalue weighted by Gasteiger charge is 2.41. The second-order valence-electron chi connectivity index (χ2n) is 7.08. The van der Waals surface area contributed by atoms with Crippen molar-refractivity contribution in [3.8, 4) is 0 Å². The summed E-state index contributed by atoms with van der Waals surface area (Å²) in [5, 5.41) is 0. The highest BCUT2D eigenvalue weighted by Crippen LogP contribution is 2.45. The van der Waals surface area contributed by atoms with Gasteiger partial charge in [-0.05, 0) is 25.5 Å². The zero-order valence-electron chi connectivity index (χ0n) is 17.0. The third kappa shape index (κ3) is 4.15. The lowest BCUT2D eigenvalue weighted by molar-refractivity contribution is -0.122. The van der Waals surface area contributed by atoms with E-state index < -0.39 is 0 Å². The largest absolute Gasteiger partial charge is 0.382 e. The Morgan fingerprint density at radius 1 is 1.03 bits per heavy atom. The Morgan fingerprint density at radius 3 is 2.55 bits per heavy atom. The quantitative estimate of drug-likeness (QED) is 0.352. The Bertz CT molecular complexity index is 1090. The number of benzene rings is 2. The number of thiocarbonyl (C=S) groups is 1.